The van der Waals surface area contributed by atoms with Crippen LogP contribution in [0.4, 0.5) is 0 Å². The van der Waals surface area contributed by atoms with E-state index >= 15 is 0 Å². The van der Waals surface area contributed by atoms with Crippen LogP contribution in [0.3, 0.4) is 0 Å². The highest BCUT2D eigenvalue weighted by molar-refractivity contribution is 5.72. The predicted octanol–water partition coefficient (Wildman–Crippen LogP) is 0.509. The summed E-state index contributed by atoms with van der Waals surface area (Å²) >= 11 is 0. The second kappa shape index (κ2) is 6.80. The first kappa shape index (κ1) is 14.4. The monoisotopic (exact) mass is 216 g/mol. The van der Waals surface area contributed by atoms with Crippen LogP contribution in [0.25, 0.3) is 0 Å². The molecule has 1 unspecified atom stereocenters. The molecule has 1 amide bonds. The summed E-state index contributed by atoms with van der Waals surface area (Å²) < 4.78 is 0. The molecule has 0 aromatic heterocycles. The van der Waals surface area contributed by atoms with Crippen LogP contribution in [0.15, 0.2) is 0 Å². The molecule has 0 aromatic carbocycles. The van der Waals surface area contributed by atoms with Gasteiger partial charge >= 0.3 is 0 Å². The van der Waals surface area contributed by atoms with E-state index in [1.165, 1.54) is 6.92 Å². The van der Waals surface area contributed by atoms with E-state index in [0.29, 0.717) is 25.6 Å². The summed E-state index contributed by atoms with van der Waals surface area (Å²) in [7, 11) is 0. The molecule has 4 nitrogen and oxygen atoms in total. The van der Waals surface area contributed by atoms with Gasteiger partial charge in [-0.05, 0) is 19.3 Å². The molecule has 0 spiro atoms. The third kappa shape index (κ3) is 9.69. The third-order valence-electron chi connectivity index (χ3n) is 2.03. The summed E-state index contributed by atoms with van der Waals surface area (Å²) in [5.41, 5.74) is -0.662. The number of carbonyl (C=O) groups excluding carboxylic acids is 1. The standard InChI is InChI=1S/C11H24N2O2/c1-9(2)7-11(4,15)8-12-5-6-13-10(3)14/h9,12,15H,5-8H2,1-4H3,(H,13,14). The lowest BCUT2D eigenvalue weighted by molar-refractivity contribution is -0.118. The van der Waals surface area contributed by atoms with E-state index < -0.39 is 5.60 Å². The number of nitrogens with one attached hydrogen (secondary N) is 2. The number of hydrogen-bond donors (Lipinski definition) is 3. The van der Waals surface area contributed by atoms with E-state index in [0.717, 1.165) is 6.42 Å². The van der Waals surface area contributed by atoms with Gasteiger partial charge in [-0.2, -0.15) is 0 Å². The van der Waals surface area contributed by atoms with Gasteiger partial charge in [0, 0.05) is 26.6 Å². The molecule has 0 aliphatic heterocycles. The molecule has 0 aliphatic carbocycles. The Kier molecular flexibility index (Phi) is 6.52. The maximum Gasteiger partial charge on any atom is 0.216 e. The van der Waals surface area contributed by atoms with Crippen LogP contribution in [0, 0.1) is 5.92 Å². The van der Waals surface area contributed by atoms with E-state index in [-0.39, 0.29) is 5.91 Å². The molecule has 3 N–H and O–H groups in total. The Balaban J connectivity index is 3.52. The fourth-order valence-corrected chi connectivity index (χ4v) is 1.64. The summed E-state index contributed by atoms with van der Waals surface area (Å²) in [4.78, 5) is 10.6. The van der Waals surface area contributed by atoms with Crippen molar-refractivity contribution in [1.82, 2.24) is 10.6 Å². The lowest BCUT2D eigenvalue weighted by Crippen LogP contribution is -2.41. The van der Waals surface area contributed by atoms with Gasteiger partial charge in [0.1, 0.15) is 0 Å². The lowest BCUT2D eigenvalue weighted by atomic mass is 9.94. The number of carbonyl (C=O) groups is 1. The van der Waals surface area contributed by atoms with Crippen molar-refractivity contribution in [3.63, 3.8) is 0 Å². The molecule has 0 bridgehead atoms. The first-order valence-electron chi connectivity index (χ1n) is 5.51. The predicted molar refractivity (Wildman–Crippen MR) is 61.6 cm³/mol. The zero-order valence-electron chi connectivity index (χ0n) is 10.3. The molecule has 15 heavy (non-hydrogen) atoms. The summed E-state index contributed by atoms with van der Waals surface area (Å²) in [6.07, 6.45) is 0.778. The van der Waals surface area contributed by atoms with Crippen LogP contribution >= 0.6 is 0 Å². The highest BCUT2D eigenvalue weighted by Gasteiger charge is 2.20. The molecule has 0 saturated carbocycles. The summed E-state index contributed by atoms with van der Waals surface area (Å²) in [5.74, 6) is 0.461. The Labute approximate surface area is 92.4 Å². The zero-order valence-corrected chi connectivity index (χ0v) is 10.3. The van der Waals surface area contributed by atoms with Crippen LogP contribution in [0.2, 0.25) is 0 Å². The van der Waals surface area contributed by atoms with Gasteiger partial charge in [0.15, 0.2) is 0 Å². The number of aliphatic hydroxyl groups is 1. The zero-order chi connectivity index (χ0) is 11.9. The maximum atomic E-state index is 10.6. The second-order valence-electron chi connectivity index (χ2n) is 4.75. The molecule has 0 heterocycles. The van der Waals surface area contributed by atoms with Gasteiger partial charge in [0.25, 0.3) is 0 Å². The highest BCUT2D eigenvalue weighted by atomic mass is 16.3. The molecule has 0 saturated heterocycles. The topological polar surface area (TPSA) is 61.4 Å². The Morgan fingerprint density at radius 3 is 2.47 bits per heavy atom. The molecule has 1 atom stereocenters. The Morgan fingerprint density at radius 2 is 2.00 bits per heavy atom. The Morgan fingerprint density at radius 1 is 1.40 bits per heavy atom. The van der Waals surface area contributed by atoms with Crippen molar-refractivity contribution in [3.05, 3.63) is 0 Å². The summed E-state index contributed by atoms with van der Waals surface area (Å²) in [5, 5.41) is 15.8. The smallest absolute Gasteiger partial charge is 0.216 e. The normalized spacial score (nSPS) is 15.1. The quantitative estimate of drug-likeness (QED) is 0.543. The number of rotatable bonds is 7. The average molecular weight is 216 g/mol. The van der Waals surface area contributed by atoms with Crippen molar-refractivity contribution >= 4 is 5.91 Å². The minimum Gasteiger partial charge on any atom is -0.389 e. The minimum atomic E-state index is -0.662. The molecule has 4 heteroatoms. The van der Waals surface area contributed by atoms with Crippen molar-refractivity contribution in [1.29, 1.82) is 0 Å². The van der Waals surface area contributed by atoms with Gasteiger partial charge in [0.2, 0.25) is 5.91 Å². The molecule has 0 fully saturated rings. The van der Waals surface area contributed by atoms with Crippen LogP contribution in [0.5, 0.6) is 0 Å². The van der Waals surface area contributed by atoms with Gasteiger partial charge in [0.05, 0.1) is 5.60 Å². The first-order valence-corrected chi connectivity index (χ1v) is 5.51. The van der Waals surface area contributed by atoms with Gasteiger partial charge in [-0.15, -0.1) is 0 Å². The van der Waals surface area contributed by atoms with Crippen molar-refractivity contribution < 1.29 is 9.90 Å². The van der Waals surface area contributed by atoms with Crippen LogP contribution in [-0.2, 0) is 4.79 Å². The molecule has 0 aromatic rings. The van der Waals surface area contributed by atoms with Crippen LogP contribution in [-0.4, -0.2) is 36.2 Å². The fourth-order valence-electron chi connectivity index (χ4n) is 1.64. The molecular formula is C11H24N2O2. The Bertz CT molecular complexity index is 191. The minimum absolute atomic E-state index is 0.0225. The van der Waals surface area contributed by atoms with E-state index in [4.69, 9.17) is 0 Å². The average Bonchev–Trinajstić information content (AvgIpc) is 1.99. The lowest BCUT2D eigenvalue weighted by Gasteiger charge is -2.25. The maximum absolute atomic E-state index is 10.6. The Hall–Kier alpha value is -0.610. The first-order chi connectivity index (χ1) is 6.83. The van der Waals surface area contributed by atoms with Crippen molar-refractivity contribution in [2.45, 2.75) is 39.7 Å². The van der Waals surface area contributed by atoms with E-state index in [2.05, 4.69) is 24.5 Å². The van der Waals surface area contributed by atoms with E-state index in [9.17, 15) is 9.90 Å². The van der Waals surface area contributed by atoms with Crippen LogP contribution in [0.1, 0.15) is 34.1 Å². The summed E-state index contributed by atoms with van der Waals surface area (Å²) in [6, 6.07) is 0. The SMILES string of the molecule is CC(=O)NCCNCC(C)(O)CC(C)C. The molecule has 0 aliphatic rings. The van der Waals surface area contributed by atoms with Gasteiger partial charge < -0.3 is 15.7 Å². The number of amides is 1. The van der Waals surface area contributed by atoms with Gasteiger partial charge in [-0.25, -0.2) is 0 Å². The van der Waals surface area contributed by atoms with E-state index in [1.54, 1.807) is 0 Å². The van der Waals surface area contributed by atoms with Gasteiger partial charge in [-0.1, -0.05) is 13.8 Å². The van der Waals surface area contributed by atoms with E-state index in [1.807, 2.05) is 6.92 Å². The van der Waals surface area contributed by atoms with Crippen LogP contribution < -0.4 is 10.6 Å². The molecular weight excluding hydrogens is 192 g/mol. The molecule has 0 radical (unpaired) electrons. The molecule has 0 rings (SSSR count). The highest BCUT2D eigenvalue weighted by Crippen LogP contribution is 2.14. The van der Waals surface area contributed by atoms with Crippen molar-refractivity contribution in [3.8, 4) is 0 Å². The summed E-state index contributed by atoms with van der Waals surface area (Å²) in [6.45, 7) is 9.36. The van der Waals surface area contributed by atoms with Crippen molar-refractivity contribution in [2.75, 3.05) is 19.6 Å². The molecule has 90 valence electrons. The number of hydrogen-bond acceptors (Lipinski definition) is 3. The van der Waals surface area contributed by atoms with Gasteiger partial charge in [-0.3, -0.25) is 4.79 Å². The second-order valence-corrected chi connectivity index (χ2v) is 4.75. The van der Waals surface area contributed by atoms with Crippen molar-refractivity contribution in [2.24, 2.45) is 5.92 Å². The third-order valence-corrected chi connectivity index (χ3v) is 2.03. The fraction of sp³-hybridized carbons (Fsp3) is 0.909. The largest absolute Gasteiger partial charge is 0.389 e.